The van der Waals surface area contributed by atoms with Crippen molar-refractivity contribution in [1.82, 2.24) is 14.7 Å². The van der Waals surface area contributed by atoms with Crippen molar-refractivity contribution in [3.8, 4) is 0 Å². The van der Waals surface area contributed by atoms with Crippen molar-refractivity contribution < 1.29 is 0 Å². The first kappa shape index (κ1) is 9.73. The van der Waals surface area contributed by atoms with Crippen LogP contribution in [-0.4, -0.2) is 35.3 Å². The molecule has 0 unspecified atom stereocenters. The predicted molar refractivity (Wildman–Crippen MR) is 51.5 cm³/mol. The maximum absolute atomic E-state index is 11.3. The van der Waals surface area contributed by atoms with E-state index in [1.165, 1.54) is 16.9 Å². The van der Waals surface area contributed by atoms with Crippen molar-refractivity contribution >= 4 is 5.69 Å². The number of hydrogen-bond donors (Lipinski definition) is 1. The second kappa shape index (κ2) is 4.04. The molecule has 0 aliphatic rings. The van der Waals surface area contributed by atoms with E-state index >= 15 is 0 Å². The molecule has 1 rings (SSSR count). The van der Waals surface area contributed by atoms with Crippen molar-refractivity contribution in [2.75, 3.05) is 26.4 Å². The Labute approximate surface area is 76.8 Å². The van der Waals surface area contributed by atoms with Gasteiger partial charge in [-0.1, -0.05) is 0 Å². The van der Waals surface area contributed by atoms with Crippen LogP contribution in [0.25, 0.3) is 0 Å². The molecule has 0 amide bonds. The van der Waals surface area contributed by atoms with Crippen LogP contribution in [0.1, 0.15) is 0 Å². The van der Waals surface area contributed by atoms with Gasteiger partial charge in [-0.05, 0) is 14.1 Å². The van der Waals surface area contributed by atoms with Gasteiger partial charge in [0.05, 0.1) is 18.4 Å². The molecule has 0 spiro atoms. The van der Waals surface area contributed by atoms with Crippen LogP contribution >= 0.6 is 0 Å². The van der Waals surface area contributed by atoms with Gasteiger partial charge in [0.15, 0.2) is 0 Å². The van der Waals surface area contributed by atoms with E-state index in [0.717, 1.165) is 6.54 Å². The van der Waals surface area contributed by atoms with E-state index in [2.05, 4.69) is 5.10 Å². The van der Waals surface area contributed by atoms with Crippen LogP contribution in [0.5, 0.6) is 0 Å². The molecule has 2 N–H and O–H groups in total. The average Bonchev–Trinajstić information content (AvgIpc) is 2.02. The summed E-state index contributed by atoms with van der Waals surface area (Å²) < 4.78 is 1.40. The summed E-state index contributed by atoms with van der Waals surface area (Å²) in [7, 11) is 3.89. The Hall–Kier alpha value is -1.36. The Morgan fingerprint density at radius 1 is 1.62 bits per heavy atom. The Morgan fingerprint density at radius 2 is 2.31 bits per heavy atom. The molecule has 0 radical (unpaired) electrons. The smallest absolute Gasteiger partial charge is 0.268 e. The lowest BCUT2D eigenvalue weighted by molar-refractivity contribution is 0.367. The van der Waals surface area contributed by atoms with Gasteiger partial charge in [0.25, 0.3) is 5.56 Å². The zero-order valence-corrected chi connectivity index (χ0v) is 7.90. The molecule has 0 aromatic carbocycles. The first-order chi connectivity index (χ1) is 6.09. The molecule has 0 saturated heterocycles. The Bertz CT molecular complexity index is 331. The molecule has 0 fully saturated rings. The number of nitrogen functional groups attached to an aromatic ring is 1. The highest BCUT2D eigenvalue weighted by atomic mass is 16.1. The van der Waals surface area contributed by atoms with Gasteiger partial charge in [0, 0.05) is 12.6 Å². The van der Waals surface area contributed by atoms with Crippen LogP contribution in [-0.2, 0) is 6.54 Å². The number of anilines is 1. The highest BCUT2D eigenvalue weighted by Gasteiger charge is 1.97. The fourth-order valence-corrected chi connectivity index (χ4v) is 0.910. The van der Waals surface area contributed by atoms with Crippen LogP contribution < -0.4 is 11.3 Å². The quantitative estimate of drug-likeness (QED) is 0.677. The minimum Gasteiger partial charge on any atom is -0.397 e. The largest absolute Gasteiger partial charge is 0.397 e. The highest BCUT2D eigenvalue weighted by molar-refractivity contribution is 5.31. The van der Waals surface area contributed by atoms with Crippen LogP contribution in [0.3, 0.4) is 0 Å². The lowest BCUT2D eigenvalue weighted by Crippen LogP contribution is -2.28. The van der Waals surface area contributed by atoms with E-state index in [1.807, 2.05) is 19.0 Å². The minimum atomic E-state index is -0.151. The molecule has 0 saturated carbocycles. The molecule has 0 bridgehead atoms. The third-order valence-electron chi connectivity index (χ3n) is 1.65. The molecule has 5 heteroatoms. The number of likely N-dealkylation sites (N-methyl/N-ethyl adjacent to an activating group) is 1. The zero-order chi connectivity index (χ0) is 9.84. The van der Waals surface area contributed by atoms with E-state index in [1.54, 1.807) is 0 Å². The van der Waals surface area contributed by atoms with Crippen molar-refractivity contribution in [2.45, 2.75) is 6.54 Å². The van der Waals surface area contributed by atoms with Gasteiger partial charge in [-0.15, -0.1) is 0 Å². The van der Waals surface area contributed by atoms with Gasteiger partial charge in [-0.25, -0.2) is 4.68 Å². The van der Waals surface area contributed by atoms with Gasteiger partial charge in [0.2, 0.25) is 0 Å². The lowest BCUT2D eigenvalue weighted by Gasteiger charge is -2.09. The normalized spacial score (nSPS) is 10.7. The molecule has 1 aromatic rings. The zero-order valence-electron chi connectivity index (χ0n) is 7.90. The summed E-state index contributed by atoms with van der Waals surface area (Å²) in [6.45, 7) is 1.38. The van der Waals surface area contributed by atoms with E-state index in [0.29, 0.717) is 12.2 Å². The van der Waals surface area contributed by atoms with Crippen molar-refractivity contribution in [1.29, 1.82) is 0 Å². The van der Waals surface area contributed by atoms with E-state index in [-0.39, 0.29) is 5.56 Å². The third kappa shape index (κ3) is 2.87. The number of nitrogens with zero attached hydrogens (tertiary/aromatic N) is 3. The van der Waals surface area contributed by atoms with Crippen LogP contribution in [0, 0.1) is 0 Å². The standard InChI is InChI=1S/C8H14N4O/c1-11(2)3-4-12-8(13)5-7(9)6-10-12/h5-6H,3-4,9H2,1-2H3. The number of rotatable bonds is 3. The Kier molecular flexibility index (Phi) is 3.02. The SMILES string of the molecule is CN(C)CCn1ncc(N)cc1=O. The molecular formula is C8H14N4O. The maximum atomic E-state index is 11.3. The van der Waals surface area contributed by atoms with Gasteiger partial charge in [-0.3, -0.25) is 4.79 Å². The van der Waals surface area contributed by atoms with Gasteiger partial charge < -0.3 is 10.6 Å². The van der Waals surface area contributed by atoms with Gasteiger partial charge in [0.1, 0.15) is 0 Å². The third-order valence-corrected chi connectivity index (χ3v) is 1.65. The Balaban J connectivity index is 2.73. The van der Waals surface area contributed by atoms with Crippen LogP contribution in [0.15, 0.2) is 17.1 Å². The van der Waals surface area contributed by atoms with Crippen molar-refractivity contribution in [3.63, 3.8) is 0 Å². The fraction of sp³-hybridized carbons (Fsp3) is 0.500. The van der Waals surface area contributed by atoms with E-state index < -0.39 is 0 Å². The second-order valence-electron chi connectivity index (χ2n) is 3.15. The monoisotopic (exact) mass is 182 g/mol. The van der Waals surface area contributed by atoms with Crippen molar-refractivity contribution in [2.24, 2.45) is 0 Å². The fourth-order valence-electron chi connectivity index (χ4n) is 0.910. The maximum Gasteiger partial charge on any atom is 0.268 e. The first-order valence-corrected chi connectivity index (χ1v) is 4.07. The number of nitrogens with two attached hydrogens (primary N) is 1. The summed E-state index contributed by atoms with van der Waals surface area (Å²) in [4.78, 5) is 13.2. The van der Waals surface area contributed by atoms with Crippen LogP contribution in [0.4, 0.5) is 5.69 Å². The van der Waals surface area contributed by atoms with Crippen molar-refractivity contribution in [3.05, 3.63) is 22.6 Å². The summed E-state index contributed by atoms with van der Waals surface area (Å²) in [5, 5.41) is 3.90. The molecule has 0 aliphatic heterocycles. The molecule has 72 valence electrons. The summed E-state index contributed by atoms with van der Waals surface area (Å²) >= 11 is 0. The first-order valence-electron chi connectivity index (χ1n) is 4.07. The minimum absolute atomic E-state index is 0.151. The summed E-state index contributed by atoms with van der Waals surface area (Å²) in [5.41, 5.74) is 5.65. The van der Waals surface area contributed by atoms with E-state index in [9.17, 15) is 4.79 Å². The highest BCUT2D eigenvalue weighted by Crippen LogP contribution is 1.90. The molecule has 0 aliphatic carbocycles. The second-order valence-corrected chi connectivity index (χ2v) is 3.15. The average molecular weight is 182 g/mol. The molecule has 13 heavy (non-hydrogen) atoms. The molecule has 1 heterocycles. The number of aromatic nitrogens is 2. The Morgan fingerprint density at radius 3 is 2.85 bits per heavy atom. The number of hydrogen-bond acceptors (Lipinski definition) is 4. The van der Waals surface area contributed by atoms with Gasteiger partial charge in [-0.2, -0.15) is 5.10 Å². The van der Waals surface area contributed by atoms with Crippen LogP contribution in [0.2, 0.25) is 0 Å². The summed E-state index contributed by atoms with van der Waals surface area (Å²) in [6.07, 6.45) is 1.48. The van der Waals surface area contributed by atoms with E-state index in [4.69, 9.17) is 5.73 Å². The molecule has 1 aromatic heterocycles. The molecule has 0 atom stereocenters. The topological polar surface area (TPSA) is 64.2 Å². The lowest BCUT2D eigenvalue weighted by atomic mass is 10.5. The molecule has 5 nitrogen and oxygen atoms in total. The summed E-state index contributed by atoms with van der Waals surface area (Å²) in [5.74, 6) is 0. The predicted octanol–water partition coefficient (Wildman–Crippen LogP) is -0.613. The summed E-state index contributed by atoms with van der Waals surface area (Å²) in [6, 6.07) is 1.38. The van der Waals surface area contributed by atoms with Gasteiger partial charge >= 0.3 is 0 Å². The molecular weight excluding hydrogens is 168 g/mol.